The first kappa shape index (κ1) is 50.6. The first-order chi connectivity index (χ1) is 26.1. The van der Waals surface area contributed by atoms with Crippen LogP contribution in [-0.2, 0) is 41.3 Å². The molecule has 0 aliphatic carbocycles. The molecule has 14 nitrogen and oxygen atoms in total. The van der Waals surface area contributed by atoms with Gasteiger partial charge in [-0.2, -0.15) is 13.5 Å². The maximum absolute atomic E-state index is 14.2. The minimum absolute atomic E-state index is 0.0223. The Kier molecular flexibility index (Phi) is 21.4. The molecule has 314 valence electrons. The van der Waals surface area contributed by atoms with Gasteiger partial charge in [0.1, 0.15) is 28.8 Å². The molecule has 4 N–H and O–H groups in total. The Bertz CT molecular complexity index is 1890. The number of rotatable bonds is 16. The van der Waals surface area contributed by atoms with Crippen molar-refractivity contribution < 1.29 is 51.6 Å². The number of amides is 1. The van der Waals surface area contributed by atoms with Crippen LogP contribution in [0.2, 0.25) is 5.02 Å². The van der Waals surface area contributed by atoms with E-state index in [2.05, 4.69) is 18.1 Å². The molecular weight excluding hydrogens is 829 g/mol. The summed E-state index contributed by atoms with van der Waals surface area (Å²) in [5.74, 6) is -3.17. The normalized spacial score (nSPS) is 13.6. The molecule has 4 unspecified atom stereocenters. The highest BCUT2D eigenvalue weighted by Crippen LogP contribution is 2.35. The molecule has 0 aliphatic heterocycles. The summed E-state index contributed by atoms with van der Waals surface area (Å²) in [5.41, 5.74) is 6.94. The number of nitrogens with two attached hydrogens (primary N) is 1. The van der Waals surface area contributed by atoms with Crippen molar-refractivity contribution in [1.29, 1.82) is 0 Å². The monoisotopic (exact) mass is 875 g/mol. The quantitative estimate of drug-likeness (QED) is 0.0855. The van der Waals surface area contributed by atoms with Crippen LogP contribution in [-0.4, -0.2) is 98.7 Å². The average Bonchev–Trinajstić information content (AvgIpc) is 3.42. The van der Waals surface area contributed by atoms with Crippen LogP contribution in [0, 0.1) is 19.7 Å². The second-order valence-electron chi connectivity index (χ2n) is 12.4. The van der Waals surface area contributed by atoms with E-state index < -0.39 is 48.8 Å². The third-order valence-electron chi connectivity index (χ3n) is 7.81. The molecule has 0 saturated carbocycles. The summed E-state index contributed by atoms with van der Waals surface area (Å²) in [6, 6.07) is 7.04. The molecule has 0 radical (unpaired) electrons. The molecule has 0 fully saturated rings. The second kappa shape index (κ2) is 23.7. The number of carboxylic acids is 1. The molecule has 0 bridgehead atoms. The number of halogens is 6. The zero-order valence-corrected chi connectivity index (χ0v) is 35.1. The number of para-hydroxylation sites is 1. The molecule has 4 atom stereocenters. The fourth-order valence-corrected chi connectivity index (χ4v) is 6.43. The first-order valence-electron chi connectivity index (χ1n) is 17.0. The summed E-state index contributed by atoms with van der Waals surface area (Å²) in [5, 5.41) is 10.8. The number of carbonyl (C=O) groups excluding carboxylic acids is 2. The summed E-state index contributed by atoms with van der Waals surface area (Å²) in [6.07, 6.45) is 0.763. The van der Waals surface area contributed by atoms with Gasteiger partial charge < -0.3 is 30.1 Å². The number of aliphatic carboxylic acids is 1. The minimum Gasteiger partial charge on any atom is -0.480 e. The Balaban J connectivity index is 0.000000458. The lowest BCUT2D eigenvalue weighted by Gasteiger charge is -2.31. The summed E-state index contributed by atoms with van der Waals surface area (Å²) in [7, 11) is -1.47. The van der Waals surface area contributed by atoms with Crippen molar-refractivity contribution in [3.63, 3.8) is 0 Å². The van der Waals surface area contributed by atoms with Crippen LogP contribution < -0.4 is 16.3 Å². The molecule has 1 heterocycles. The smallest absolute Gasteiger partial charge is 0.355 e. The number of anilines is 1. The number of methoxy groups -OCH3 is 1. The minimum atomic E-state index is -3.12. The molecule has 3 aromatic rings. The van der Waals surface area contributed by atoms with Crippen molar-refractivity contribution in [2.75, 3.05) is 43.9 Å². The maximum Gasteiger partial charge on any atom is 0.355 e. The molecular formula is C35H48Cl3F3N5O9P. The zero-order chi connectivity index (χ0) is 43.1. The number of benzene rings is 2. The number of alkyl halides is 4. The SMILES string of the molecule is CCOC(=O)C(Cl)Cc1cc(-n2nc(C)n(C(F)F)c2=O)c(F)cc1Cl.CCc1cccc(C)c1N(C(=O)CCl)C(C)COC.CP(=O)(O)CCC(N)C(=O)O. The molecule has 3 rings (SSSR count). The third-order valence-corrected chi connectivity index (χ3v) is 9.81. The lowest BCUT2D eigenvalue weighted by Crippen LogP contribution is -2.43. The molecule has 0 aliphatic rings. The van der Waals surface area contributed by atoms with Gasteiger partial charge in [-0.3, -0.25) is 18.9 Å². The van der Waals surface area contributed by atoms with Gasteiger partial charge in [0.2, 0.25) is 5.91 Å². The van der Waals surface area contributed by atoms with Gasteiger partial charge in [0, 0.05) is 31.4 Å². The van der Waals surface area contributed by atoms with Crippen LogP contribution in [0.4, 0.5) is 18.9 Å². The second-order valence-corrected chi connectivity index (χ2v) is 16.1. The number of hydrogen-bond acceptors (Lipinski definition) is 9. The van der Waals surface area contributed by atoms with Gasteiger partial charge in [-0.1, -0.05) is 36.7 Å². The summed E-state index contributed by atoms with van der Waals surface area (Å²) in [6.45, 7) is 7.55. The molecule has 0 saturated heterocycles. The maximum atomic E-state index is 14.2. The van der Waals surface area contributed by atoms with Crippen LogP contribution in [0.25, 0.3) is 5.69 Å². The van der Waals surface area contributed by atoms with Gasteiger partial charge in [0.25, 0.3) is 0 Å². The highest BCUT2D eigenvalue weighted by molar-refractivity contribution is 7.57. The number of carboxylic acid groups (broad SMARTS) is 1. The Hall–Kier alpha value is -3.44. The van der Waals surface area contributed by atoms with Crippen molar-refractivity contribution in [3.05, 3.63) is 74.2 Å². The van der Waals surface area contributed by atoms with Crippen molar-refractivity contribution in [3.8, 4) is 5.69 Å². The van der Waals surface area contributed by atoms with Crippen molar-refractivity contribution >= 4 is 65.7 Å². The highest BCUT2D eigenvalue weighted by Gasteiger charge is 2.26. The predicted molar refractivity (Wildman–Crippen MR) is 210 cm³/mol. The van der Waals surface area contributed by atoms with Gasteiger partial charge in [-0.05, 0) is 69.4 Å². The fraction of sp³-hybridized carbons (Fsp3) is 0.514. The molecule has 1 aromatic heterocycles. The molecule has 21 heteroatoms. The molecule has 0 spiro atoms. The topological polar surface area (TPSA) is 196 Å². The standard InChI is InChI=1S/C15H14Cl2F3N3O3.C15H22ClNO2.C5H12NO4P/c1-3-26-13(24)10(17)4-8-5-12(11(18)6-9(8)16)23-15(25)22(14(19)20)7(2)21-23;1-5-13-8-6-7-11(2)15(13)17(14(18)9-16)12(3)10-19-4;1-11(9,10)3-2-4(6)5(7)8/h5-6,10,14H,3-4H2,1-2H3;6-8,12H,5,9-10H2,1-4H3;4H,2-3,6H2,1H3,(H,7,8)(H,9,10). The van der Waals surface area contributed by atoms with E-state index in [9.17, 15) is 36.9 Å². The van der Waals surface area contributed by atoms with E-state index in [1.54, 1.807) is 18.9 Å². The van der Waals surface area contributed by atoms with Gasteiger partial charge in [0.05, 0.1) is 24.9 Å². The van der Waals surface area contributed by atoms with Crippen LogP contribution >= 0.6 is 42.2 Å². The lowest BCUT2D eigenvalue weighted by atomic mass is 10.0. The number of aromatic nitrogens is 3. The zero-order valence-electron chi connectivity index (χ0n) is 32.0. The molecule has 1 amide bonds. The number of esters is 1. The van der Waals surface area contributed by atoms with E-state index >= 15 is 0 Å². The predicted octanol–water partition coefficient (Wildman–Crippen LogP) is 6.10. The Morgan fingerprint density at radius 1 is 1.14 bits per heavy atom. The van der Waals surface area contributed by atoms with Gasteiger partial charge >= 0.3 is 24.2 Å². The van der Waals surface area contributed by atoms with Crippen molar-refractivity contribution in [2.45, 2.75) is 77.9 Å². The number of hydrogen-bond donors (Lipinski definition) is 3. The average molecular weight is 877 g/mol. The highest BCUT2D eigenvalue weighted by atomic mass is 35.5. The number of ether oxygens (including phenoxy) is 2. The Morgan fingerprint density at radius 2 is 1.77 bits per heavy atom. The largest absolute Gasteiger partial charge is 0.480 e. The first-order valence-corrected chi connectivity index (χ1v) is 20.7. The van der Waals surface area contributed by atoms with E-state index in [0.29, 0.717) is 11.3 Å². The molecule has 2 aromatic carbocycles. The fourth-order valence-electron chi connectivity index (χ4n) is 5.09. The van der Waals surface area contributed by atoms with Crippen LogP contribution in [0.15, 0.2) is 35.1 Å². The van der Waals surface area contributed by atoms with E-state index in [0.717, 1.165) is 35.4 Å². The summed E-state index contributed by atoms with van der Waals surface area (Å²) in [4.78, 5) is 56.5. The summed E-state index contributed by atoms with van der Waals surface area (Å²) < 4.78 is 61.3. The van der Waals surface area contributed by atoms with Crippen LogP contribution in [0.5, 0.6) is 0 Å². The Morgan fingerprint density at radius 3 is 2.25 bits per heavy atom. The van der Waals surface area contributed by atoms with Gasteiger partial charge in [-0.25, -0.2) is 13.8 Å². The molecule has 56 heavy (non-hydrogen) atoms. The Labute approximate surface area is 338 Å². The number of nitrogens with zero attached hydrogens (tertiary/aromatic N) is 4. The van der Waals surface area contributed by atoms with Gasteiger partial charge in [0.15, 0.2) is 13.2 Å². The number of aryl methyl sites for hydroxylation is 3. The van der Waals surface area contributed by atoms with E-state index in [-0.39, 0.29) is 70.1 Å². The van der Waals surface area contributed by atoms with Gasteiger partial charge in [-0.15, -0.1) is 28.3 Å². The van der Waals surface area contributed by atoms with Crippen LogP contribution in [0.1, 0.15) is 56.3 Å². The summed E-state index contributed by atoms with van der Waals surface area (Å²) >= 11 is 17.7. The lowest BCUT2D eigenvalue weighted by molar-refractivity contribution is -0.142. The van der Waals surface area contributed by atoms with E-state index in [4.69, 9.17) is 60.0 Å². The van der Waals surface area contributed by atoms with E-state index in [1.807, 2.05) is 26.0 Å². The van der Waals surface area contributed by atoms with Crippen molar-refractivity contribution in [1.82, 2.24) is 14.3 Å². The van der Waals surface area contributed by atoms with E-state index in [1.165, 1.54) is 13.6 Å². The number of carbonyl (C=O) groups is 3. The third kappa shape index (κ3) is 15.1. The van der Waals surface area contributed by atoms with Crippen LogP contribution in [0.3, 0.4) is 0 Å². The van der Waals surface area contributed by atoms with Crippen molar-refractivity contribution in [2.24, 2.45) is 5.73 Å².